The molecule has 1 saturated heterocycles. The first kappa shape index (κ1) is 18.8. The Morgan fingerprint density at radius 3 is 2.57 bits per heavy atom. The van der Waals surface area contributed by atoms with Crippen LogP contribution in [-0.2, 0) is 16.4 Å². The van der Waals surface area contributed by atoms with Gasteiger partial charge in [0.25, 0.3) is 0 Å². The molecule has 1 unspecified atom stereocenters. The zero-order valence-corrected chi connectivity index (χ0v) is 15.6. The molecule has 0 spiro atoms. The van der Waals surface area contributed by atoms with E-state index in [0.29, 0.717) is 36.3 Å². The Kier molecular flexibility index (Phi) is 5.85. The molecule has 0 aromatic heterocycles. The van der Waals surface area contributed by atoms with Crippen LogP contribution in [0.25, 0.3) is 0 Å². The van der Waals surface area contributed by atoms with Crippen molar-refractivity contribution in [3.05, 3.63) is 22.7 Å². The smallest absolute Gasteiger partial charge is 0.243 e. The molecule has 3 rings (SSSR count). The highest BCUT2D eigenvalue weighted by Crippen LogP contribution is 2.38. The first-order chi connectivity index (χ1) is 10.4. The third-order valence-corrected chi connectivity index (χ3v) is 6.58. The van der Waals surface area contributed by atoms with Crippen LogP contribution in [0.4, 0.5) is 0 Å². The Balaban J connectivity index is 0.00000192. The highest BCUT2D eigenvalue weighted by molar-refractivity contribution is 7.89. The van der Waals surface area contributed by atoms with Crippen LogP contribution in [0, 0.1) is 0 Å². The minimum absolute atomic E-state index is 0. The van der Waals surface area contributed by atoms with Crippen molar-refractivity contribution in [2.24, 2.45) is 0 Å². The monoisotopic (exact) mass is 380 g/mol. The third-order valence-electron chi connectivity index (χ3n) is 4.42. The molecule has 1 atom stereocenters. The summed E-state index contributed by atoms with van der Waals surface area (Å²) in [5.41, 5.74) is 0.878. The Morgan fingerprint density at radius 2 is 1.96 bits per heavy atom. The van der Waals surface area contributed by atoms with Crippen molar-refractivity contribution in [2.75, 3.05) is 20.1 Å². The summed E-state index contributed by atoms with van der Waals surface area (Å²) in [6.07, 6.45) is 2.39. The summed E-state index contributed by atoms with van der Waals surface area (Å²) in [6.45, 7) is 3.03. The van der Waals surface area contributed by atoms with Crippen molar-refractivity contribution in [3.63, 3.8) is 0 Å². The predicted molar refractivity (Wildman–Crippen MR) is 93.3 cm³/mol. The molecule has 0 aliphatic carbocycles. The number of rotatable bonds is 3. The Morgan fingerprint density at radius 1 is 1.30 bits per heavy atom. The van der Waals surface area contributed by atoms with E-state index < -0.39 is 10.0 Å². The molecular weight excluding hydrogens is 359 g/mol. The van der Waals surface area contributed by atoms with Crippen LogP contribution in [0.2, 0.25) is 5.02 Å². The quantitative estimate of drug-likeness (QED) is 0.874. The summed E-state index contributed by atoms with van der Waals surface area (Å²) in [5, 5.41) is 3.58. The standard InChI is InChI=1S/C15H21ClN2O3S.ClH/c1-10-7-11-8-13(9-14(16)15(11)21-10)22(19,20)18-5-3-12(17-2)4-6-18;/h8-10,12,17H,3-7H2,1-2H3;1H. The van der Waals surface area contributed by atoms with E-state index in [0.717, 1.165) is 18.4 Å². The number of fused-ring (bicyclic) bond motifs is 1. The van der Waals surface area contributed by atoms with Gasteiger partial charge in [-0.1, -0.05) is 11.6 Å². The summed E-state index contributed by atoms with van der Waals surface area (Å²) in [4.78, 5) is 0.275. The molecule has 5 nitrogen and oxygen atoms in total. The highest BCUT2D eigenvalue weighted by atomic mass is 35.5. The number of benzene rings is 1. The van der Waals surface area contributed by atoms with Gasteiger partial charge in [0, 0.05) is 31.1 Å². The predicted octanol–water partition coefficient (Wildman–Crippen LogP) is 2.46. The molecule has 0 bridgehead atoms. The molecule has 2 aliphatic heterocycles. The van der Waals surface area contributed by atoms with Gasteiger partial charge in [-0.15, -0.1) is 12.4 Å². The van der Waals surface area contributed by atoms with Crippen LogP contribution in [-0.4, -0.2) is 45.0 Å². The van der Waals surface area contributed by atoms with Crippen molar-refractivity contribution in [1.82, 2.24) is 9.62 Å². The number of ether oxygens (including phenoxy) is 1. The zero-order valence-electron chi connectivity index (χ0n) is 13.2. The van der Waals surface area contributed by atoms with E-state index in [1.165, 1.54) is 6.07 Å². The van der Waals surface area contributed by atoms with E-state index in [-0.39, 0.29) is 23.4 Å². The number of halogens is 2. The second-order valence-electron chi connectivity index (χ2n) is 5.99. The number of nitrogens with one attached hydrogen (secondary N) is 1. The molecule has 0 amide bonds. The van der Waals surface area contributed by atoms with Crippen LogP contribution < -0.4 is 10.1 Å². The van der Waals surface area contributed by atoms with Gasteiger partial charge >= 0.3 is 0 Å². The lowest BCUT2D eigenvalue weighted by Gasteiger charge is -2.31. The molecular formula is C15H22Cl2N2O3S. The van der Waals surface area contributed by atoms with E-state index in [1.54, 1.807) is 10.4 Å². The largest absolute Gasteiger partial charge is 0.489 e. The van der Waals surface area contributed by atoms with Gasteiger partial charge in [-0.05, 0) is 38.9 Å². The van der Waals surface area contributed by atoms with E-state index in [2.05, 4.69) is 5.32 Å². The SMILES string of the molecule is CNC1CCN(S(=O)(=O)c2cc(Cl)c3c(c2)CC(C)O3)CC1.Cl. The number of sulfonamides is 1. The topological polar surface area (TPSA) is 58.6 Å². The second-order valence-corrected chi connectivity index (χ2v) is 8.34. The van der Waals surface area contributed by atoms with Gasteiger partial charge in [0.2, 0.25) is 10.0 Å². The second kappa shape index (κ2) is 7.15. The summed E-state index contributed by atoms with van der Waals surface area (Å²) in [7, 11) is -1.58. The Hall–Kier alpha value is -0.530. The molecule has 1 aromatic carbocycles. The lowest BCUT2D eigenvalue weighted by Crippen LogP contribution is -2.43. The van der Waals surface area contributed by atoms with Gasteiger partial charge < -0.3 is 10.1 Å². The van der Waals surface area contributed by atoms with Gasteiger partial charge in [-0.3, -0.25) is 0 Å². The zero-order chi connectivity index (χ0) is 15.9. The van der Waals surface area contributed by atoms with Crippen LogP contribution in [0.1, 0.15) is 25.3 Å². The molecule has 2 aliphatic rings. The summed E-state index contributed by atoms with van der Waals surface area (Å²) in [6, 6.07) is 3.62. The van der Waals surface area contributed by atoms with E-state index in [9.17, 15) is 8.42 Å². The van der Waals surface area contributed by atoms with E-state index in [1.807, 2.05) is 14.0 Å². The molecule has 2 heterocycles. The number of piperidine rings is 1. The maximum atomic E-state index is 12.8. The molecule has 1 N–H and O–H groups in total. The van der Waals surface area contributed by atoms with Gasteiger partial charge in [0.1, 0.15) is 11.9 Å². The fourth-order valence-electron chi connectivity index (χ4n) is 3.14. The summed E-state index contributed by atoms with van der Waals surface area (Å²) >= 11 is 6.21. The molecule has 1 fully saturated rings. The van der Waals surface area contributed by atoms with Crippen molar-refractivity contribution in [3.8, 4) is 5.75 Å². The van der Waals surface area contributed by atoms with E-state index in [4.69, 9.17) is 16.3 Å². The fourth-order valence-corrected chi connectivity index (χ4v) is 5.04. The first-order valence-electron chi connectivity index (χ1n) is 7.58. The minimum Gasteiger partial charge on any atom is -0.489 e. The van der Waals surface area contributed by atoms with Crippen molar-refractivity contribution >= 4 is 34.0 Å². The maximum absolute atomic E-state index is 12.8. The average Bonchev–Trinajstić information content (AvgIpc) is 2.88. The molecule has 0 saturated carbocycles. The van der Waals surface area contributed by atoms with Crippen LogP contribution in [0.3, 0.4) is 0 Å². The van der Waals surface area contributed by atoms with Crippen LogP contribution in [0.5, 0.6) is 5.75 Å². The Bertz CT molecular complexity index is 674. The summed E-state index contributed by atoms with van der Waals surface area (Å²) < 4.78 is 32.8. The van der Waals surface area contributed by atoms with Crippen molar-refractivity contribution in [1.29, 1.82) is 0 Å². The fraction of sp³-hybridized carbons (Fsp3) is 0.600. The number of nitrogens with zero attached hydrogens (tertiary/aromatic N) is 1. The van der Waals surface area contributed by atoms with Crippen LogP contribution >= 0.6 is 24.0 Å². The molecule has 23 heavy (non-hydrogen) atoms. The van der Waals surface area contributed by atoms with Gasteiger partial charge in [0.15, 0.2) is 0 Å². The normalized spacial score (nSPS) is 22.3. The minimum atomic E-state index is -3.49. The maximum Gasteiger partial charge on any atom is 0.243 e. The highest BCUT2D eigenvalue weighted by Gasteiger charge is 2.31. The van der Waals surface area contributed by atoms with Gasteiger partial charge in [-0.2, -0.15) is 4.31 Å². The Labute approximate surface area is 148 Å². The molecule has 1 aromatic rings. The molecule has 130 valence electrons. The van der Waals surface area contributed by atoms with Gasteiger partial charge in [0.05, 0.1) is 9.92 Å². The summed E-state index contributed by atoms with van der Waals surface area (Å²) in [5.74, 6) is 0.627. The van der Waals surface area contributed by atoms with Crippen molar-refractivity contribution in [2.45, 2.75) is 43.2 Å². The van der Waals surface area contributed by atoms with E-state index >= 15 is 0 Å². The number of hydrogen-bond acceptors (Lipinski definition) is 4. The van der Waals surface area contributed by atoms with Gasteiger partial charge in [-0.25, -0.2) is 8.42 Å². The lowest BCUT2D eigenvalue weighted by atomic mass is 10.1. The van der Waals surface area contributed by atoms with Crippen molar-refractivity contribution < 1.29 is 13.2 Å². The lowest BCUT2D eigenvalue weighted by molar-refractivity contribution is 0.255. The third kappa shape index (κ3) is 3.61. The molecule has 8 heteroatoms. The molecule has 0 radical (unpaired) electrons. The number of hydrogen-bond donors (Lipinski definition) is 1. The first-order valence-corrected chi connectivity index (χ1v) is 9.40. The van der Waals surface area contributed by atoms with Crippen LogP contribution in [0.15, 0.2) is 17.0 Å². The average molecular weight is 381 g/mol.